The predicted molar refractivity (Wildman–Crippen MR) is 134 cm³/mol. The van der Waals surface area contributed by atoms with Crippen molar-refractivity contribution in [3.8, 4) is 0 Å². The van der Waals surface area contributed by atoms with Gasteiger partial charge in [-0.05, 0) is 43.4 Å². The summed E-state index contributed by atoms with van der Waals surface area (Å²) in [6, 6.07) is 3.94. The summed E-state index contributed by atoms with van der Waals surface area (Å²) in [7, 11) is -7.42. The number of aliphatic hydroxyl groups excluding tert-OH is 1. The third-order valence-electron chi connectivity index (χ3n) is 5.54. The number of rotatable bonds is 8. The highest BCUT2D eigenvalue weighted by atomic mass is 32.2. The topological polar surface area (TPSA) is 137 Å². The number of amides is 1. The van der Waals surface area contributed by atoms with Crippen LogP contribution >= 0.6 is 7.52 Å². The molecule has 34 heavy (non-hydrogen) atoms. The van der Waals surface area contributed by atoms with Gasteiger partial charge >= 0.3 is 7.52 Å². The molecular formula is C22H33N4O6PS. The number of carbonyl (C=O) groups excluding carboxylic acids is 1. The molecular weight excluding hydrogens is 479 g/mol. The Kier molecular flexibility index (Phi) is 7.22. The number of hydrogen-bond donors (Lipinski definition) is 3. The minimum Gasteiger partial charge on any atom is -0.509 e. The van der Waals surface area contributed by atoms with E-state index in [1.807, 2.05) is 6.92 Å². The molecule has 0 bridgehead atoms. The molecule has 0 aromatic heterocycles. The summed E-state index contributed by atoms with van der Waals surface area (Å²) in [5, 5.41) is 14.2. The smallest absolute Gasteiger partial charge is 0.348 e. The summed E-state index contributed by atoms with van der Waals surface area (Å²) in [4.78, 5) is 15.0. The molecule has 10 nitrogen and oxygen atoms in total. The second kappa shape index (κ2) is 9.36. The van der Waals surface area contributed by atoms with E-state index in [2.05, 4.69) is 35.6 Å². The van der Waals surface area contributed by atoms with E-state index in [9.17, 15) is 22.9 Å². The lowest BCUT2D eigenvalue weighted by Gasteiger charge is -2.28. The van der Waals surface area contributed by atoms with Crippen LogP contribution in [0.1, 0.15) is 47.5 Å². The van der Waals surface area contributed by atoms with Crippen molar-refractivity contribution in [1.82, 2.24) is 4.90 Å². The molecule has 0 spiro atoms. The van der Waals surface area contributed by atoms with E-state index in [4.69, 9.17) is 4.52 Å². The fourth-order valence-corrected chi connectivity index (χ4v) is 6.29. The van der Waals surface area contributed by atoms with Gasteiger partial charge in [-0.1, -0.05) is 27.7 Å². The lowest BCUT2D eigenvalue weighted by atomic mass is 9.92. The first-order valence-corrected chi connectivity index (χ1v) is 14.6. The van der Waals surface area contributed by atoms with E-state index in [0.717, 1.165) is 12.7 Å². The van der Waals surface area contributed by atoms with Crippen LogP contribution in [0, 0.1) is 5.41 Å². The van der Waals surface area contributed by atoms with Crippen molar-refractivity contribution in [2.45, 2.75) is 53.5 Å². The van der Waals surface area contributed by atoms with Gasteiger partial charge in [0.05, 0.1) is 29.9 Å². The van der Waals surface area contributed by atoms with Crippen molar-refractivity contribution in [1.29, 1.82) is 0 Å². The Balaban J connectivity index is 2.03. The van der Waals surface area contributed by atoms with Crippen molar-refractivity contribution in [3.63, 3.8) is 0 Å². The second-order valence-electron chi connectivity index (χ2n) is 9.61. The maximum Gasteiger partial charge on any atom is 0.348 e. The average molecular weight is 513 g/mol. The Morgan fingerprint density at radius 2 is 1.97 bits per heavy atom. The lowest BCUT2D eigenvalue weighted by molar-refractivity contribution is -0.127. The summed E-state index contributed by atoms with van der Waals surface area (Å²) in [5.74, 6) is -0.524. The minimum absolute atomic E-state index is 0.00112. The number of carbonyl (C=O) groups is 1. The summed E-state index contributed by atoms with van der Waals surface area (Å²) < 4.78 is 49.2. The fraction of sp³-hybridized carbons (Fsp3) is 0.545. The molecule has 0 saturated heterocycles. The SMILES string of the molecule is CCO[P@@]1(=O)N=C(C2=C(O)[C@@H](CC)N(CCC(C)(C)C)C2=O)Nc2ccc(NS(C)(=O)=O)cc21. The van der Waals surface area contributed by atoms with E-state index in [1.54, 1.807) is 11.8 Å². The van der Waals surface area contributed by atoms with Crippen LogP contribution in [0.2, 0.25) is 0 Å². The van der Waals surface area contributed by atoms with Crippen molar-refractivity contribution in [3.05, 3.63) is 29.5 Å². The van der Waals surface area contributed by atoms with Crippen LogP contribution in [0.4, 0.5) is 11.4 Å². The van der Waals surface area contributed by atoms with Crippen molar-refractivity contribution >= 4 is 46.0 Å². The number of fused-ring (bicyclic) bond motifs is 1. The van der Waals surface area contributed by atoms with Gasteiger partial charge in [0.25, 0.3) is 5.91 Å². The number of aliphatic hydroxyl groups is 1. The summed E-state index contributed by atoms with van der Waals surface area (Å²) in [5.41, 5.74) is 0.540. The number of hydrogen-bond acceptors (Lipinski definition) is 7. The Morgan fingerprint density at radius 3 is 2.53 bits per heavy atom. The van der Waals surface area contributed by atoms with Crippen LogP contribution in [0.25, 0.3) is 0 Å². The summed E-state index contributed by atoms with van der Waals surface area (Å²) in [6.45, 7) is 10.3. The molecule has 3 N–H and O–H groups in total. The van der Waals surface area contributed by atoms with Crippen LogP contribution in [0.5, 0.6) is 0 Å². The van der Waals surface area contributed by atoms with E-state index in [-0.39, 0.29) is 46.1 Å². The molecule has 12 heteroatoms. The maximum absolute atomic E-state index is 13.8. The van der Waals surface area contributed by atoms with Gasteiger partial charge in [0.1, 0.15) is 11.3 Å². The van der Waals surface area contributed by atoms with Crippen LogP contribution in [-0.2, 0) is 23.9 Å². The zero-order chi connectivity index (χ0) is 25.5. The van der Waals surface area contributed by atoms with Crippen LogP contribution in [0.3, 0.4) is 0 Å². The van der Waals surface area contributed by atoms with E-state index in [1.165, 1.54) is 18.2 Å². The van der Waals surface area contributed by atoms with Gasteiger partial charge < -0.3 is 19.8 Å². The molecule has 0 saturated carbocycles. The highest BCUT2D eigenvalue weighted by molar-refractivity contribution is 7.92. The first kappa shape index (κ1) is 26.2. The van der Waals surface area contributed by atoms with Gasteiger partial charge in [-0.25, -0.2) is 8.42 Å². The third-order valence-corrected chi connectivity index (χ3v) is 8.20. The van der Waals surface area contributed by atoms with E-state index >= 15 is 0 Å². The molecule has 0 fully saturated rings. The van der Waals surface area contributed by atoms with Gasteiger partial charge in [-0.3, -0.25) is 14.1 Å². The highest BCUT2D eigenvalue weighted by Crippen LogP contribution is 2.52. The Hall–Kier alpha value is -2.36. The highest BCUT2D eigenvalue weighted by Gasteiger charge is 2.44. The Morgan fingerprint density at radius 1 is 1.29 bits per heavy atom. The van der Waals surface area contributed by atoms with Crippen LogP contribution in [0.15, 0.2) is 34.3 Å². The normalized spacial score (nSPS) is 23.0. The Bertz CT molecular complexity index is 1200. The van der Waals surface area contributed by atoms with Crippen LogP contribution in [-0.4, -0.2) is 55.6 Å². The number of sulfonamides is 1. The molecule has 2 aliphatic rings. The Labute approximate surface area is 201 Å². The molecule has 0 unspecified atom stereocenters. The zero-order valence-electron chi connectivity index (χ0n) is 20.4. The lowest BCUT2D eigenvalue weighted by Crippen LogP contribution is -2.38. The minimum atomic E-state index is -3.87. The van der Waals surface area contributed by atoms with E-state index < -0.39 is 23.6 Å². The molecule has 1 aromatic rings. The van der Waals surface area contributed by atoms with Crippen LogP contribution < -0.4 is 15.3 Å². The summed E-state index contributed by atoms with van der Waals surface area (Å²) >= 11 is 0. The van der Waals surface area contributed by atoms with E-state index in [0.29, 0.717) is 18.7 Å². The number of anilines is 2. The van der Waals surface area contributed by atoms with Crippen molar-refractivity contribution in [2.24, 2.45) is 10.2 Å². The summed E-state index contributed by atoms with van der Waals surface area (Å²) in [6.07, 6.45) is 2.27. The molecule has 0 radical (unpaired) electrons. The number of nitrogens with one attached hydrogen (secondary N) is 2. The molecule has 2 aliphatic heterocycles. The van der Waals surface area contributed by atoms with Gasteiger partial charge in [-0.2, -0.15) is 4.76 Å². The quantitative estimate of drug-likeness (QED) is 0.453. The molecule has 3 rings (SSSR count). The monoisotopic (exact) mass is 512 g/mol. The zero-order valence-corrected chi connectivity index (χ0v) is 22.1. The fourth-order valence-electron chi connectivity index (χ4n) is 3.93. The first-order chi connectivity index (χ1) is 15.7. The third kappa shape index (κ3) is 5.47. The largest absolute Gasteiger partial charge is 0.509 e. The first-order valence-electron chi connectivity index (χ1n) is 11.2. The average Bonchev–Trinajstić information content (AvgIpc) is 2.94. The molecule has 1 amide bonds. The molecule has 0 aliphatic carbocycles. The second-order valence-corrected chi connectivity index (χ2v) is 13.3. The molecule has 2 heterocycles. The number of nitrogens with zero attached hydrogens (tertiary/aromatic N) is 2. The molecule has 2 atom stereocenters. The number of amidine groups is 1. The van der Waals surface area contributed by atoms with Gasteiger partial charge in [-0.15, -0.1) is 0 Å². The maximum atomic E-state index is 13.8. The van der Waals surface area contributed by atoms with Gasteiger partial charge in [0.2, 0.25) is 10.0 Å². The van der Waals surface area contributed by atoms with Crippen molar-refractivity contribution in [2.75, 3.05) is 29.4 Å². The molecule has 188 valence electrons. The van der Waals surface area contributed by atoms with Gasteiger partial charge in [0, 0.05) is 12.2 Å². The van der Waals surface area contributed by atoms with Crippen molar-refractivity contribution < 1.29 is 27.4 Å². The standard InChI is InChI=1S/C22H33N4O6PS/c1-7-16-19(27)18(21(28)26(16)12-11-22(3,4)5)20-23-15-10-9-14(25-34(6,30)31)13-17(15)33(29,24-20)32-8-2/h9-10,13,16,25,27H,7-8,11-12H2,1-6H3,(H,23,24,29)/t16-,33-/m1/s1. The predicted octanol–water partition coefficient (Wildman–Crippen LogP) is 3.61. The van der Waals surface area contributed by atoms with Gasteiger partial charge in [0.15, 0.2) is 5.84 Å². The number of benzene rings is 1. The molecule has 1 aromatic carbocycles.